The number of unbranched alkanes of at least 4 members (excludes halogenated alkanes) is 2. The van der Waals surface area contributed by atoms with Gasteiger partial charge in [-0.15, -0.1) is 0 Å². The van der Waals surface area contributed by atoms with Gasteiger partial charge in [-0.25, -0.2) is 4.79 Å². The second kappa shape index (κ2) is 14.4. The zero-order chi connectivity index (χ0) is 25.9. The Morgan fingerprint density at radius 1 is 1.00 bits per heavy atom. The predicted octanol–water partition coefficient (Wildman–Crippen LogP) is 8.11. The van der Waals surface area contributed by atoms with Gasteiger partial charge >= 0.3 is 5.97 Å². The molecule has 3 nitrogen and oxygen atoms in total. The molecule has 0 aliphatic heterocycles. The summed E-state index contributed by atoms with van der Waals surface area (Å²) in [5.74, 6) is 1.43. The summed E-state index contributed by atoms with van der Waals surface area (Å²) >= 11 is 0. The van der Waals surface area contributed by atoms with Crippen LogP contribution in [0.1, 0.15) is 89.2 Å². The largest absolute Gasteiger partial charge is 0.462 e. The summed E-state index contributed by atoms with van der Waals surface area (Å²) in [6.07, 6.45) is 10.6. The zero-order valence-electron chi connectivity index (χ0n) is 22.7. The third kappa shape index (κ3) is 8.06. The van der Waals surface area contributed by atoms with Gasteiger partial charge in [0.15, 0.2) is 0 Å². The van der Waals surface area contributed by atoms with Crippen molar-refractivity contribution < 1.29 is 14.6 Å². The molecule has 4 unspecified atom stereocenters. The van der Waals surface area contributed by atoms with Crippen LogP contribution in [0.25, 0.3) is 11.1 Å². The fourth-order valence-corrected chi connectivity index (χ4v) is 5.77. The molecule has 3 rings (SSSR count). The molecule has 0 amide bonds. The Morgan fingerprint density at radius 3 is 2.25 bits per heavy atom. The van der Waals surface area contributed by atoms with E-state index in [9.17, 15) is 9.90 Å². The number of aryl methyl sites for hydroxylation is 1. The summed E-state index contributed by atoms with van der Waals surface area (Å²) in [6.45, 7) is 10.2. The molecule has 1 aliphatic carbocycles. The Bertz CT molecular complexity index is 944. The van der Waals surface area contributed by atoms with E-state index < -0.39 is 0 Å². The summed E-state index contributed by atoms with van der Waals surface area (Å²) in [7, 11) is 0. The van der Waals surface area contributed by atoms with Crippen LogP contribution in [-0.2, 0) is 16.0 Å². The average molecular weight is 491 g/mol. The van der Waals surface area contributed by atoms with Crippen LogP contribution in [0, 0.1) is 17.8 Å². The van der Waals surface area contributed by atoms with E-state index in [4.69, 9.17) is 4.74 Å². The predicted molar refractivity (Wildman–Crippen MR) is 150 cm³/mol. The molecular weight excluding hydrogens is 444 g/mol. The molecule has 1 aliphatic rings. The molecule has 0 bridgehead atoms. The topological polar surface area (TPSA) is 46.5 Å². The number of rotatable bonds is 13. The van der Waals surface area contributed by atoms with Gasteiger partial charge < -0.3 is 9.84 Å². The molecular formula is C33H46O3. The van der Waals surface area contributed by atoms with E-state index in [-0.39, 0.29) is 25.1 Å². The monoisotopic (exact) mass is 490 g/mol. The third-order valence-corrected chi connectivity index (χ3v) is 8.10. The second-order valence-corrected chi connectivity index (χ2v) is 10.9. The molecule has 0 aromatic heterocycles. The van der Waals surface area contributed by atoms with E-state index >= 15 is 0 Å². The molecule has 1 saturated carbocycles. The summed E-state index contributed by atoms with van der Waals surface area (Å²) < 4.78 is 5.33. The van der Waals surface area contributed by atoms with Crippen molar-refractivity contribution in [3.05, 3.63) is 71.8 Å². The van der Waals surface area contributed by atoms with Crippen molar-refractivity contribution in [2.75, 3.05) is 13.2 Å². The van der Waals surface area contributed by atoms with Gasteiger partial charge in [-0.2, -0.15) is 0 Å². The standard InChI is InChI=1S/C33H46O3/c1-5-7-8-9-25-10-12-28(13-11-25)29-14-16-30(17-15-29)32-19-18-31(27(6-2)21-32)20-26(22-34)23-36-33(35)24(3)4/h10-17,26-27,31-32,34H,3,5-9,18-23H2,1-2,4H3. The van der Waals surface area contributed by atoms with Crippen LogP contribution in [0.2, 0.25) is 0 Å². The highest BCUT2D eigenvalue weighted by Crippen LogP contribution is 2.43. The first-order valence-corrected chi connectivity index (χ1v) is 14.1. The van der Waals surface area contributed by atoms with Crippen molar-refractivity contribution in [2.45, 2.75) is 84.5 Å². The zero-order valence-corrected chi connectivity index (χ0v) is 22.7. The van der Waals surface area contributed by atoms with Crippen LogP contribution in [0.5, 0.6) is 0 Å². The van der Waals surface area contributed by atoms with Gasteiger partial charge in [0.1, 0.15) is 0 Å². The van der Waals surface area contributed by atoms with E-state index in [1.807, 2.05) is 0 Å². The number of carbonyl (C=O) groups excluding carboxylic acids is 1. The first kappa shape index (κ1) is 28.2. The third-order valence-electron chi connectivity index (χ3n) is 8.10. The number of aliphatic hydroxyl groups is 1. The minimum Gasteiger partial charge on any atom is -0.462 e. The summed E-state index contributed by atoms with van der Waals surface area (Å²) in [5.41, 5.74) is 5.86. The molecule has 2 aromatic carbocycles. The van der Waals surface area contributed by atoms with Crippen molar-refractivity contribution in [3.63, 3.8) is 0 Å². The molecule has 0 spiro atoms. The lowest BCUT2D eigenvalue weighted by Crippen LogP contribution is -2.28. The van der Waals surface area contributed by atoms with Crippen molar-refractivity contribution in [2.24, 2.45) is 17.8 Å². The summed E-state index contributed by atoms with van der Waals surface area (Å²) in [5, 5.41) is 9.87. The Morgan fingerprint density at radius 2 is 1.67 bits per heavy atom. The maximum absolute atomic E-state index is 11.8. The quantitative estimate of drug-likeness (QED) is 0.175. The molecule has 1 N–H and O–H groups in total. The van der Waals surface area contributed by atoms with Gasteiger partial charge in [0, 0.05) is 18.1 Å². The second-order valence-electron chi connectivity index (χ2n) is 10.9. The Labute approximate surface area is 219 Å². The number of ether oxygens (including phenoxy) is 1. The molecule has 2 aromatic rings. The van der Waals surface area contributed by atoms with Crippen LogP contribution < -0.4 is 0 Å². The average Bonchev–Trinajstić information content (AvgIpc) is 2.91. The van der Waals surface area contributed by atoms with Crippen LogP contribution in [0.4, 0.5) is 0 Å². The van der Waals surface area contributed by atoms with Crippen molar-refractivity contribution in [1.82, 2.24) is 0 Å². The Balaban J connectivity index is 1.56. The lowest BCUT2D eigenvalue weighted by atomic mass is 9.68. The van der Waals surface area contributed by atoms with Gasteiger partial charge in [0.05, 0.1) is 6.61 Å². The number of esters is 1. The van der Waals surface area contributed by atoms with E-state index in [2.05, 4.69) is 69.0 Å². The smallest absolute Gasteiger partial charge is 0.333 e. The van der Waals surface area contributed by atoms with Crippen molar-refractivity contribution in [3.8, 4) is 11.1 Å². The maximum Gasteiger partial charge on any atom is 0.333 e. The Hall–Kier alpha value is -2.39. The number of hydrogen-bond donors (Lipinski definition) is 1. The molecule has 196 valence electrons. The number of benzene rings is 2. The summed E-state index contributed by atoms with van der Waals surface area (Å²) in [4.78, 5) is 11.8. The highest BCUT2D eigenvalue weighted by Gasteiger charge is 2.32. The van der Waals surface area contributed by atoms with E-state index in [1.54, 1.807) is 6.92 Å². The van der Waals surface area contributed by atoms with Gasteiger partial charge in [0.25, 0.3) is 0 Å². The SMILES string of the molecule is C=C(C)C(=O)OCC(CO)CC1CCC(c2ccc(-c3ccc(CCCCC)cc3)cc2)CC1CC. The number of hydrogen-bond acceptors (Lipinski definition) is 3. The van der Waals surface area contributed by atoms with E-state index in [0.29, 0.717) is 23.3 Å². The first-order chi connectivity index (χ1) is 17.4. The summed E-state index contributed by atoms with van der Waals surface area (Å²) in [6, 6.07) is 18.3. The molecule has 0 saturated heterocycles. The van der Waals surface area contributed by atoms with Crippen LogP contribution in [-0.4, -0.2) is 24.3 Å². The van der Waals surface area contributed by atoms with Crippen LogP contribution in [0.3, 0.4) is 0 Å². The van der Waals surface area contributed by atoms with Gasteiger partial charge in [-0.05, 0) is 85.5 Å². The minimum atomic E-state index is -0.365. The molecule has 36 heavy (non-hydrogen) atoms. The van der Waals surface area contributed by atoms with Gasteiger partial charge in [-0.3, -0.25) is 0 Å². The Kier molecular flexibility index (Phi) is 11.3. The van der Waals surface area contributed by atoms with Gasteiger partial charge in [-0.1, -0.05) is 88.2 Å². The highest BCUT2D eigenvalue weighted by molar-refractivity contribution is 5.86. The first-order valence-electron chi connectivity index (χ1n) is 14.1. The van der Waals surface area contributed by atoms with Crippen molar-refractivity contribution in [1.29, 1.82) is 0 Å². The van der Waals surface area contributed by atoms with E-state index in [1.165, 1.54) is 60.8 Å². The van der Waals surface area contributed by atoms with Crippen molar-refractivity contribution >= 4 is 5.97 Å². The maximum atomic E-state index is 11.8. The van der Waals surface area contributed by atoms with Gasteiger partial charge in [0.2, 0.25) is 0 Å². The number of aliphatic hydroxyl groups excluding tert-OH is 1. The molecule has 4 atom stereocenters. The molecule has 0 heterocycles. The van der Waals surface area contributed by atoms with Crippen LogP contribution >= 0.6 is 0 Å². The molecule has 3 heteroatoms. The van der Waals surface area contributed by atoms with Crippen LogP contribution in [0.15, 0.2) is 60.7 Å². The minimum absolute atomic E-state index is 0.00113. The molecule has 1 fully saturated rings. The number of carbonyl (C=O) groups is 1. The fraction of sp³-hybridized carbons (Fsp3) is 0.545. The normalized spacial score (nSPS) is 20.6. The lowest BCUT2D eigenvalue weighted by Gasteiger charge is -2.37. The highest BCUT2D eigenvalue weighted by atomic mass is 16.5. The molecule has 0 radical (unpaired) electrons. The lowest BCUT2D eigenvalue weighted by molar-refractivity contribution is -0.141. The fourth-order valence-electron chi connectivity index (χ4n) is 5.77. The van der Waals surface area contributed by atoms with E-state index in [0.717, 1.165) is 19.3 Å².